The van der Waals surface area contributed by atoms with E-state index in [1.807, 2.05) is 0 Å². The van der Waals surface area contributed by atoms with Gasteiger partial charge < -0.3 is 10.2 Å². The summed E-state index contributed by atoms with van der Waals surface area (Å²) in [4.78, 5) is 2.28. The zero-order valence-electron chi connectivity index (χ0n) is 13.0. The number of nitrogens with zero attached hydrogens (tertiary/aromatic N) is 1. The Kier molecular flexibility index (Phi) is 6.40. The van der Waals surface area contributed by atoms with Gasteiger partial charge >= 0.3 is 0 Å². The smallest absolute Gasteiger partial charge is 0.0207 e. The molecule has 2 nitrogen and oxygen atoms in total. The normalized spacial score (nSPS) is 26.9. The van der Waals surface area contributed by atoms with Crippen LogP contribution in [0.1, 0.15) is 30.7 Å². The first-order valence-corrected chi connectivity index (χ1v) is 8.74. The average molecular weight is 292 g/mol. The van der Waals surface area contributed by atoms with Crippen LogP contribution in [0.3, 0.4) is 0 Å². The Morgan fingerprint density at radius 3 is 2.60 bits per heavy atom. The molecular weight excluding hydrogens is 264 g/mol. The fourth-order valence-corrected chi connectivity index (χ4v) is 4.70. The second kappa shape index (κ2) is 8.06. The molecule has 3 atom stereocenters. The molecule has 20 heavy (non-hydrogen) atoms. The first kappa shape index (κ1) is 15.9. The van der Waals surface area contributed by atoms with Gasteiger partial charge in [-0.25, -0.2) is 0 Å². The molecule has 1 fully saturated rings. The predicted molar refractivity (Wildman–Crippen MR) is 90.7 cm³/mol. The van der Waals surface area contributed by atoms with E-state index in [0.717, 1.165) is 11.2 Å². The number of thioether (sulfide) groups is 1. The van der Waals surface area contributed by atoms with Crippen LogP contribution in [0.15, 0.2) is 30.3 Å². The van der Waals surface area contributed by atoms with E-state index in [2.05, 4.69) is 73.5 Å². The van der Waals surface area contributed by atoms with Gasteiger partial charge in [0.15, 0.2) is 0 Å². The molecule has 0 spiro atoms. The number of nitrogens with one attached hydrogen (secondary N) is 1. The first-order chi connectivity index (χ1) is 9.70. The van der Waals surface area contributed by atoms with E-state index in [1.54, 1.807) is 0 Å². The summed E-state index contributed by atoms with van der Waals surface area (Å²) in [6.07, 6.45) is 3.93. The molecule has 0 saturated heterocycles. The number of benzene rings is 1. The van der Waals surface area contributed by atoms with Crippen molar-refractivity contribution < 1.29 is 0 Å². The minimum absolute atomic E-state index is 0.683. The van der Waals surface area contributed by atoms with Crippen molar-refractivity contribution in [2.24, 2.45) is 0 Å². The summed E-state index contributed by atoms with van der Waals surface area (Å²) in [6.45, 7) is 1.17. The van der Waals surface area contributed by atoms with Gasteiger partial charge in [0.05, 0.1) is 0 Å². The molecule has 1 saturated carbocycles. The summed E-state index contributed by atoms with van der Waals surface area (Å²) in [5.74, 6) is 1.98. The Labute approximate surface area is 128 Å². The van der Waals surface area contributed by atoms with Gasteiger partial charge in [0.2, 0.25) is 0 Å². The Balaban J connectivity index is 1.93. The van der Waals surface area contributed by atoms with Gasteiger partial charge in [-0.1, -0.05) is 30.3 Å². The van der Waals surface area contributed by atoms with Gasteiger partial charge in [-0.15, -0.1) is 0 Å². The zero-order valence-corrected chi connectivity index (χ0v) is 13.8. The molecule has 112 valence electrons. The molecule has 0 heterocycles. The van der Waals surface area contributed by atoms with Crippen molar-refractivity contribution in [2.45, 2.75) is 36.5 Å². The summed E-state index contributed by atoms with van der Waals surface area (Å²) >= 11 is 2.15. The van der Waals surface area contributed by atoms with Crippen LogP contribution in [0.25, 0.3) is 0 Å². The lowest BCUT2D eigenvalue weighted by Crippen LogP contribution is -2.40. The highest BCUT2D eigenvalue weighted by molar-refractivity contribution is 8.00. The molecule has 0 aromatic heterocycles. The topological polar surface area (TPSA) is 15.3 Å². The van der Waals surface area contributed by atoms with Crippen LogP contribution in [0.5, 0.6) is 0 Å². The molecule has 0 aliphatic heterocycles. The van der Waals surface area contributed by atoms with Crippen molar-refractivity contribution in [3.63, 3.8) is 0 Å². The molecule has 1 aliphatic carbocycles. The third kappa shape index (κ3) is 4.51. The van der Waals surface area contributed by atoms with Crippen LogP contribution in [0, 0.1) is 0 Å². The average Bonchev–Trinajstić information content (AvgIpc) is 2.47. The summed E-state index contributed by atoms with van der Waals surface area (Å²) in [5, 5.41) is 4.28. The molecule has 1 N–H and O–H groups in total. The number of rotatable bonds is 6. The third-order valence-electron chi connectivity index (χ3n) is 4.30. The first-order valence-electron chi connectivity index (χ1n) is 7.69. The SMILES string of the molecule is CNC1CCC(c2ccccc2)CC1SCCN(C)C. The van der Waals surface area contributed by atoms with E-state index in [1.165, 1.54) is 37.1 Å². The van der Waals surface area contributed by atoms with E-state index in [-0.39, 0.29) is 0 Å². The fourth-order valence-electron chi connectivity index (χ4n) is 3.06. The second-order valence-electron chi connectivity index (χ2n) is 6.03. The molecule has 1 aromatic rings. The van der Waals surface area contributed by atoms with Gasteiger partial charge in [0.1, 0.15) is 0 Å². The van der Waals surface area contributed by atoms with Crippen molar-refractivity contribution in [3.8, 4) is 0 Å². The predicted octanol–water partition coefficient (Wildman–Crippen LogP) is 3.21. The second-order valence-corrected chi connectivity index (χ2v) is 7.38. The van der Waals surface area contributed by atoms with Gasteiger partial charge in [-0.2, -0.15) is 11.8 Å². The van der Waals surface area contributed by atoms with Crippen LogP contribution in [0.2, 0.25) is 0 Å². The van der Waals surface area contributed by atoms with Crippen LogP contribution < -0.4 is 5.32 Å². The Hall–Kier alpha value is -0.510. The number of hydrogen-bond acceptors (Lipinski definition) is 3. The number of hydrogen-bond donors (Lipinski definition) is 1. The Morgan fingerprint density at radius 1 is 1.20 bits per heavy atom. The largest absolute Gasteiger partial charge is 0.316 e. The van der Waals surface area contributed by atoms with Crippen LogP contribution >= 0.6 is 11.8 Å². The minimum atomic E-state index is 0.683. The summed E-state index contributed by atoms with van der Waals surface area (Å²) in [7, 11) is 6.43. The highest BCUT2D eigenvalue weighted by atomic mass is 32.2. The monoisotopic (exact) mass is 292 g/mol. The van der Waals surface area contributed by atoms with Crippen molar-refractivity contribution in [3.05, 3.63) is 35.9 Å². The highest BCUT2D eigenvalue weighted by Crippen LogP contribution is 2.38. The molecule has 1 aromatic carbocycles. The fraction of sp³-hybridized carbons (Fsp3) is 0.647. The molecule has 0 amide bonds. The molecule has 0 bridgehead atoms. The maximum Gasteiger partial charge on any atom is 0.0207 e. The summed E-state index contributed by atoms with van der Waals surface area (Å²) in [5.41, 5.74) is 1.53. The quantitative estimate of drug-likeness (QED) is 0.867. The van der Waals surface area contributed by atoms with Gasteiger partial charge in [-0.05, 0) is 51.9 Å². The van der Waals surface area contributed by atoms with E-state index in [9.17, 15) is 0 Å². The standard InChI is InChI=1S/C17H28N2S/c1-18-16-10-9-15(14-7-5-4-6-8-14)13-17(16)20-12-11-19(2)3/h4-8,15-18H,9-13H2,1-3H3. The van der Waals surface area contributed by atoms with Gasteiger partial charge in [0, 0.05) is 23.6 Å². The van der Waals surface area contributed by atoms with E-state index in [0.29, 0.717) is 6.04 Å². The third-order valence-corrected chi connectivity index (χ3v) is 5.67. The highest BCUT2D eigenvalue weighted by Gasteiger charge is 2.30. The molecule has 3 heteroatoms. The van der Waals surface area contributed by atoms with Crippen molar-refractivity contribution >= 4 is 11.8 Å². The van der Waals surface area contributed by atoms with E-state index >= 15 is 0 Å². The lowest BCUT2D eigenvalue weighted by Gasteiger charge is -2.36. The van der Waals surface area contributed by atoms with E-state index < -0.39 is 0 Å². The summed E-state index contributed by atoms with van der Waals surface area (Å²) in [6, 6.07) is 11.7. The summed E-state index contributed by atoms with van der Waals surface area (Å²) < 4.78 is 0. The Bertz CT molecular complexity index is 380. The van der Waals surface area contributed by atoms with Crippen LogP contribution in [0.4, 0.5) is 0 Å². The van der Waals surface area contributed by atoms with Crippen molar-refractivity contribution in [2.75, 3.05) is 33.4 Å². The molecule has 1 aliphatic rings. The van der Waals surface area contributed by atoms with E-state index in [4.69, 9.17) is 0 Å². The van der Waals surface area contributed by atoms with Crippen LogP contribution in [-0.4, -0.2) is 49.6 Å². The van der Waals surface area contributed by atoms with Gasteiger partial charge in [0.25, 0.3) is 0 Å². The Morgan fingerprint density at radius 2 is 1.95 bits per heavy atom. The lowest BCUT2D eigenvalue weighted by atomic mass is 9.81. The molecular formula is C17H28N2S. The molecule has 2 rings (SSSR count). The van der Waals surface area contributed by atoms with Gasteiger partial charge in [-0.3, -0.25) is 0 Å². The molecule has 3 unspecified atom stereocenters. The van der Waals surface area contributed by atoms with Crippen molar-refractivity contribution in [1.29, 1.82) is 0 Å². The lowest BCUT2D eigenvalue weighted by molar-refractivity contribution is 0.368. The van der Waals surface area contributed by atoms with Crippen LogP contribution in [-0.2, 0) is 0 Å². The molecule has 0 radical (unpaired) electrons. The zero-order chi connectivity index (χ0) is 14.4. The maximum atomic E-state index is 3.53. The maximum absolute atomic E-state index is 3.53. The minimum Gasteiger partial charge on any atom is -0.316 e. The van der Waals surface area contributed by atoms with Crippen molar-refractivity contribution in [1.82, 2.24) is 10.2 Å².